The van der Waals surface area contributed by atoms with Crippen molar-refractivity contribution in [2.45, 2.75) is 109 Å². The number of hydrogen-bond acceptors (Lipinski definition) is 6. The van der Waals surface area contributed by atoms with Gasteiger partial charge in [0, 0.05) is 6.04 Å². The number of aliphatic hydroxyl groups is 1. The average Bonchev–Trinajstić information content (AvgIpc) is 3.29. The fraction of sp³-hybridized carbons (Fsp3) is 0.885. The lowest BCUT2D eigenvalue weighted by molar-refractivity contribution is -0.162. The van der Waals surface area contributed by atoms with Crippen LogP contribution in [-0.4, -0.2) is 70.3 Å². The monoisotopic (exact) mass is 478 g/mol. The fourth-order valence-corrected chi connectivity index (χ4v) is 7.31. The Morgan fingerprint density at radius 1 is 1.26 bits per heavy atom. The molecule has 2 N–H and O–H groups in total. The van der Waals surface area contributed by atoms with Crippen molar-refractivity contribution in [3.05, 3.63) is 0 Å². The van der Waals surface area contributed by atoms with Gasteiger partial charge in [-0.15, -0.1) is 0 Å². The highest BCUT2D eigenvalue weighted by atomic mass is 16.6. The molecule has 2 amide bonds. The molecule has 4 rings (SSSR count). The van der Waals surface area contributed by atoms with Crippen LogP contribution in [0.1, 0.15) is 79.6 Å². The van der Waals surface area contributed by atoms with Crippen LogP contribution in [0.5, 0.6) is 0 Å². The number of carbonyl (C=O) groups is 3. The van der Waals surface area contributed by atoms with Crippen molar-refractivity contribution in [1.82, 2.24) is 10.2 Å². The predicted molar refractivity (Wildman–Crippen MR) is 126 cm³/mol. The van der Waals surface area contributed by atoms with E-state index < -0.39 is 41.1 Å². The van der Waals surface area contributed by atoms with Crippen LogP contribution in [0.3, 0.4) is 0 Å². The molecule has 0 aromatic heterocycles. The molecule has 3 heterocycles. The first-order chi connectivity index (χ1) is 16.1. The molecule has 1 spiro atoms. The Bertz CT molecular complexity index is 811. The van der Waals surface area contributed by atoms with Gasteiger partial charge in [-0.2, -0.15) is 0 Å². The Balaban J connectivity index is 1.76. The maximum atomic E-state index is 14.1. The summed E-state index contributed by atoms with van der Waals surface area (Å²) < 4.78 is 12.1. The minimum atomic E-state index is -1.09. The zero-order chi connectivity index (χ0) is 24.8. The molecule has 7 atom stereocenters. The van der Waals surface area contributed by atoms with Crippen molar-refractivity contribution in [2.75, 3.05) is 13.2 Å². The van der Waals surface area contributed by atoms with Gasteiger partial charge >= 0.3 is 5.97 Å². The van der Waals surface area contributed by atoms with Crippen LogP contribution in [0.25, 0.3) is 0 Å². The maximum absolute atomic E-state index is 14.1. The molecule has 0 aromatic rings. The lowest BCUT2D eigenvalue weighted by Crippen LogP contribution is -2.59. The van der Waals surface area contributed by atoms with E-state index in [9.17, 15) is 19.5 Å². The highest BCUT2D eigenvalue weighted by Crippen LogP contribution is 2.65. The van der Waals surface area contributed by atoms with Crippen LogP contribution in [0.4, 0.5) is 0 Å². The minimum absolute atomic E-state index is 0.0199. The Hall–Kier alpha value is -1.67. The number of rotatable bonds is 8. The van der Waals surface area contributed by atoms with E-state index >= 15 is 0 Å². The second-order valence-electron chi connectivity index (χ2n) is 11.5. The van der Waals surface area contributed by atoms with Crippen LogP contribution in [-0.2, 0) is 23.9 Å². The van der Waals surface area contributed by atoms with Gasteiger partial charge in [0.1, 0.15) is 17.6 Å². The van der Waals surface area contributed by atoms with Gasteiger partial charge in [-0.3, -0.25) is 14.4 Å². The van der Waals surface area contributed by atoms with Crippen molar-refractivity contribution in [2.24, 2.45) is 23.7 Å². The molecule has 0 aromatic carbocycles. The van der Waals surface area contributed by atoms with Gasteiger partial charge in [-0.05, 0) is 51.4 Å². The summed E-state index contributed by atoms with van der Waals surface area (Å²) in [6.07, 6.45) is 6.28. The molecular formula is C26H42N2O6. The van der Waals surface area contributed by atoms with E-state index in [4.69, 9.17) is 9.47 Å². The van der Waals surface area contributed by atoms with E-state index in [2.05, 4.69) is 5.32 Å². The van der Waals surface area contributed by atoms with E-state index in [0.717, 1.165) is 25.7 Å². The van der Waals surface area contributed by atoms with E-state index in [1.165, 1.54) is 6.42 Å². The summed E-state index contributed by atoms with van der Waals surface area (Å²) in [4.78, 5) is 42.7. The van der Waals surface area contributed by atoms with Crippen molar-refractivity contribution < 1.29 is 29.0 Å². The first-order valence-corrected chi connectivity index (χ1v) is 13.2. The molecule has 3 unspecified atom stereocenters. The summed E-state index contributed by atoms with van der Waals surface area (Å²) in [6.45, 7) is 9.71. The topological polar surface area (TPSA) is 105 Å². The number of nitrogens with zero attached hydrogens (tertiary/aromatic N) is 1. The number of nitrogens with one attached hydrogen (secondary N) is 1. The highest BCUT2D eigenvalue weighted by Gasteiger charge is 2.80. The number of ether oxygens (including phenoxy) is 2. The molecule has 3 saturated heterocycles. The van der Waals surface area contributed by atoms with E-state index in [-0.39, 0.29) is 42.9 Å². The number of amides is 2. The van der Waals surface area contributed by atoms with Crippen molar-refractivity contribution in [1.29, 1.82) is 0 Å². The van der Waals surface area contributed by atoms with Gasteiger partial charge in [0.25, 0.3) is 0 Å². The Morgan fingerprint density at radius 3 is 2.53 bits per heavy atom. The standard InChI is InChI=1S/C26H42N2O6/c1-6-33-24(32)20-19-23(31)28(18(14-29)12-15(2)3)21(22(30)27-17-10-8-7-9-11-17)26(19)13-16(4)25(20,5)34-26/h15-21,29H,6-14H2,1-5H3,(H,27,30)/t16?,18-,19+,20+,21?,25-,26?/m1/s1. The second kappa shape index (κ2) is 9.41. The molecule has 3 aliphatic heterocycles. The van der Waals surface area contributed by atoms with Gasteiger partial charge in [-0.25, -0.2) is 0 Å². The quantitative estimate of drug-likeness (QED) is 0.519. The van der Waals surface area contributed by atoms with Gasteiger partial charge in [0.2, 0.25) is 11.8 Å². The molecule has 2 bridgehead atoms. The molecule has 1 saturated carbocycles. The van der Waals surface area contributed by atoms with Gasteiger partial charge in [0.05, 0.1) is 30.8 Å². The van der Waals surface area contributed by atoms with E-state index in [0.29, 0.717) is 12.8 Å². The molecule has 192 valence electrons. The molecule has 8 heteroatoms. The lowest BCUT2D eigenvalue weighted by atomic mass is 9.62. The van der Waals surface area contributed by atoms with Crippen LogP contribution < -0.4 is 5.32 Å². The summed E-state index contributed by atoms with van der Waals surface area (Å²) >= 11 is 0. The Labute approximate surface area is 203 Å². The van der Waals surface area contributed by atoms with E-state index in [1.807, 2.05) is 27.7 Å². The van der Waals surface area contributed by atoms with Gasteiger partial charge in [-0.1, -0.05) is 40.0 Å². The molecule has 4 aliphatic rings. The van der Waals surface area contributed by atoms with Crippen LogP contribution >= 0.6 is 0 Å². The number of esters is 1. The molecule has 0 radical (unpaired) electrons. The highest BCUT2D eigenvalue weighted by molar-refractivity contribution is 5.98. The summed E-state index contributed by atoms with van der Waals surface area (Å²) in [7, 11) is 0. The predicted octanol–water partition coefficient (Wildman–Crippen LogP) is 2.42. The SMILES string of the molecule is CCOC(=O)[C@@H]1[C@H]2C(=O)N([C@@H](CO)CC(C)C)C(C(=O)NC3CCCCC3)C23CC(C)[C@@]1(C)O3. The molecule has 8 nitrogen and oxygen atoms in total. The van der Waals surface area contributed by atoms with Crippen LogP contribution in [0, 0.1) is 23.7 Å². The van der Waals surface area contributed by atoms with Crippen molar-refractivity contribution >= 4 is 17.8 Å². The molecule has 1 aliphatic carbocycles. The number of fused-ring (bicyclic) bond motifs is 1. The molecular weight excluding hydrogens is 436 g/mol. The summed E-state index contributed by atoms with van der Waals surface area (Å²) in [5.74, 6) is -2.27. The van der Waals surface area contributed by atoms with E-state index in [1.54, 1.807) is 11.8 Å². The summed E-state index contributed by atoms with van der Waals surface area (Å²) in [5, 5.41) is 13.5. The largest absolute Gasteiger partial charge is 0.466 e. The Morgan fingerprint density at radius 2 is 1.94 bits per heavy atom. The number of likely N-dealkylation sites (tertiary alicyclic amines) is 1. The summed E-state index contributed by atoms with van der Waals surface area (Å²) in [5.41, 5.74) is -1.96. The normalized spacial score (nSPS) is 38.3. The number of hydrogen-bond donors (Lipinski definition) is 2. The third kappa shape index (κ3) is 3.85. The minimum Gasteiger partial charge on any atom is -0.466 e. The third-order valence-corrected chi connectivity index (χ3v) is 8.84. The van der Waals surface area contributed by atoms with Gasteiger partial charge in [0.15, 0.2) is 0 Å². The smallest absolute Gasteiger partial charge is 0.312 e. The number of carbonyl (C=O) groups excluding carboxylic acids is 3. The van der Waals surface area contributed by atoms with Crippen molar-refractivity contribution in [3.8, 4) is 0 Å². The molecule has 4 fully saturated rings. The van der Waals surface area contributed by atoms with Crippen LogP contribution in [0.2, 0.25) is 0 Å². The van der Waals surface area contributed by atoms with Crippen molar-refractivity contribution in [3.63, 3.8) is 0 Å². The number of aliphatic hydroxyl groups excluding tert-OH is 1. The maximum Gasteiger partial charge on any atom is 0.312 e. The zero-order valence-electron chi connectivity index (χ0n) is 21.3. The second-order valence-corrected chi connectivity index (χ2v) is 11.5. The zero-order valence-corrected chi connectivity index (χ0v) is 21.3. The lowest BCUT2D eigenvalue weighted by Gasteiger charge is -2.38. The Kier molecular flexibility index (Phi) is 7.04. The third-order valence-electron chi connectivity index (χ3n) is 8.84. The fourth-order valence-electron chi connectivity index (χ4n) is 7.31. The van der Waals surface area contributed by atoms with Gasteiger partial charge < -0.3 is 24.8 Å². The molecule has 34 heavy (non-hydrogen) atoms. The van der Waals surface area contributed by atoms with Crippen LogP contribution in [0.15, 0.2) is 0 Å². The first-order valence-electron chi connectivity index (χ1n) is 13.2. The first kappa shape index (κ1) is 25.4. The summed E-state index contributed by atoms with van der Waals surface area (Å²) in [6, 6.07) is -1.30. The average molecular weight is 479 g/mol.